The summed E-state index contributed by atoms with van der Waals surface area (Å²) < 4.78 is 10.1. The first-order chi connectivity index (χ1) is 8.59. The summed E-state index contributed by atoms with van der Waals surface area (Å²) in [6.45, 7) is 1.84. The van der Waals surface area contributed by atoms with Gasteiger partial charge >= 0.3 is 0 Å². The Bertz CT molecular complexity index is 469. The second kappa shape index (κ2) is 5.27. The number of rotatable bonds is 5. The van der Waals surface area contributed by atoms with Crippen LogP contribution < -0.4 is 4.74 Å². The third-order valence-electron chi connectivity index (χ3n) is 2.91. The molecule has 0 saturated carbocycles. The van der Waals surface area contributed by atoms with E-state index in [1.54, 1.807) is 19.6 Å². The van der Waals surface area contributed by atoms with Gasteiger partial charge in [-0.15, -0.1) is 0 Å². The molecule has 1 aromatic heterocycles. The fourth-order valence-electron chi connectivity index (χ4n) is 2.08. The molecule has 1 heterocycles. The van der Waals surface area contributed by atoms with Crippen LogP contribution in [-0.4, -0.2) is 17.8 Å². The molecule has 0 radical (unpaired) electrons. The van der Waals surface area contributed by atoms with Crippen LogP contribution in [0.2, 0.25) is 0 Å². The van der Waals surface area contributed by atoms with Crippen molar-refractivity contribution in [3.05, 3.63) is 54.0 Å². The molecule has 0 saturated heterocycles. The van der Waals surface area contributed by atoms with Crippen molar-refractivity contribution in [1.82, 2.24) is 0 Å². The molecule has 0 fully saturated rings. The first-order valence-electron chi connectivity index (χ1n) is 5.95. The van der Waals surface area contributed by atoms with Crippen LogP contribution in [0, 0.1) is 0 Å². The predicted octanol–water partition coefficient (Wildman–Crippen LogP) is 2.82. The highest BCUT2D eigenvalue weighted by molar-refractivity contribution is 5.28. The van der Waals surface area contributed by atoms with E-state index in [1.165, 1.54) is 0 Å². The monoisotopic (exact) mass is 246 g/mol. The van der Waals surface area contributed by atoms with Gasteiger partial charge < -0.3 is 14.3 Å². The minimum absolute atomic E-state index is 0.579. The summed E-state index contributed by atoms with van der Waals surface area (Å²) in [7, 11) is 1.64. The van der Waals surface area contributed by atoms with Gasteiger partial charge in [-0.1, -0.05) is 12.1 Å². The van der Waals surface area contributed by atoms with Gasteiger partial charge in [0.25, 0.3) is 0 Å². The summed E-state index contributed by atoms with van der Waals surface area (Å²) in [5, 5.41) is 10.4. The Morgan fingerprint density at radius 1 is 1.11 bits per heavy atom. The summed E-state index contributed by atoms with van der Waals surface area (Å²) in [5.74, 6) is 0.827. The Labute approximate surface area is 107 Å². The molecular weight excluding hydrogens is 228 g/mol. The first kappa shape index (κ1) is 12.7. The van der Waals surface area contributed by atoms with Crippen molar-refractivity contribution in [3.63, 3.8) is 0 Å². The van der Waals surface area contributed by atoms with E-state index in [-0.39, 0.29) is 0 Å². The quantitative estimate of drug-likeness (QED) is 0.882. The van der Waals surface area contributed by atoms with Crippen molar-refractivity contribution < 1.29 is 14.3 Å². The van der Waals surface area contributed by atoms with Crippen LogP contribution in [0.15, 0.2) is 47.3 Å². The second-order valence-corrected chi connectivity index (χ2v) is 4.83. The molecule has 2 rings (SSSR count). The lowest BCUT2D eigenvalue weighted by atomic mass is 9.91. The molecule has 0 aliphatic carbocycles. The standard InChI is InChI=1S/C15H18O3/c1-15(16,10-13-7-8-18-11-13)9-12-3-5-14(17-2)6-4-12/h3-8,11,16H,9-10H2,1-2H3. The maximum absolute atomic E-state index is 10.4. The third-order valence-corrected chi connectivity index (χ3v) is 2.91. The normalized spacial score (nSPS) is 14.2. The zero-order chi connectivity index (χ0) is 13.0. The molecule has 1 atom stereocenters. The van der Waals surface area contributed by atoms with Gasteiger partial charge in [-0.25, -0.2) is 0 Å². The number of benzene rings is 1. The van der Waals surface area contributed by atoms with Crippen LogP contribution in [0.25, 0.3) is 0 Å². The highest BCUT2D eigenvalue weighted by Gasteiger charge is 2.22. The minimum atomic E-state index is -0.779. The lowest BCUT2D eigenvalue weighted by Crippen LogP contribution is -2.29. The topological polar surface area (TPSA) is 42.6 Å². The number of aliphatic hydroxyl groups is 1. The fraction of sp³-hybridized carbons (Fsp3) is 0.333. The Hall–Kier alpha value is -1.74. The van der Waals surface area contributed by atoms with Gasteiger partial charge in [0.1, 0.15) is 5.75 Å². The van der Waals surface area contributed by atoms with Gasteiger partial charge in [0.15, 0.2) is 0 Å². The van der Waals surface area contributed by atoms with E-state index in [4.69, 9.17) is 9.15 Å². The third kappa shape index (κ3) is 3.37. The number of hydrogen-bond donors (Lipinski definition) is 1. The van der Waals surface area contributed by atoms with E-state index in [1.807, 2.05) is 37.3 Å². The molecule has 0 amide bonds. The van der Waals surface area contributed by atoms with Gasteiger partial charge in [0.2, 0.25) is 0 Å². The van der Waals surface area contributed by atoms with Crippen LogP contribution in [0.5, 0.6) is 5.75 Å². The molecule has 18 heavy (non-hydrogen) atoms. The summed E-state index contributed by atoms with van der Waals surface area (Å²) in [5.41, 5.74) is 1.32. The maximum atomic E-state index is 10.4. The lowest BCUT2D eigenvalue weighted by molar-refractivity contribution is 0.0606. The van der Waals surface area contributed by atoms with Crippen molar-refractivity contribution >= 4 is 0 Å². The SMILES string of the molecule is COc1ccc(CC(C)(O)Cc2ccoc2)cc1. The summed E-state index contributed by atoms with van der Waals surface area (Å²) in [6.07, 6.45) is 4.47. The number of hydrogen-bond acceptors (Lipinski definition) is 3. The molecule has 3 heteroatoms. The van der Waals surface area contributed by atoms with Crippen molar-refractivity contribution in [2.24, 2.45) is 0 Å². The van der Waals surface area contributed by atoms with Crippen LogP contribution in [0.1, 0.15) is 18.1 Å². The molecule has 1 N–H and O–H groups in total. The van der Waals surface area contributed by atoms with Crippen molar-refractivity contribution in [2.75, 3.05) is 7.11 Å². The fourth-order valence-corrected chi connectivity index (χ4v) is 2.08. The van der Waals surface area contributed by atoms with Gasteiger partial charge in [0, 0.05) is 12.8 Å². The van der Waals surface area contributed by atoms with E-state index in [9.17, 15) is 5.11 Å². The number of ether oxygens (including phenoxy) is 1. The van der Waals surface area contributed by atoms with Gasteiger partial charge in [-0.2, -0.15) is 0 Å². The van der Waals surface area contributed by atoms with Crippen LogP contribution in [0.3, 0.4) is 0 Å². The first-order valence-corrected chi connectivity index (χ1v) is 5.95. The Balaban J connectivity index is 2.02. The van der Waals surface area contributed by atoms with E-state index < -0.39 is 5.60 Å². The average molecular weight is 246 g/mol. The number of furan rings is 1. The minimum Gasteiger partial charge on any atom is -0.497 e. The van der Waals surface area contributed by atoms with Crippen LogP contribution >= 0.6 is 0 Å². The second-order valence-electron chi connectivity index (χ2n) is 4.83. The number of methoxy groups -OCH3 is 1. The smallest absolute Gasteiger partial charge is 0.118 e. The largest absolute Gasteiger partial charge is 0.497 e. The maximum Gasteiger partial charge on any atom is 0.118 e. The molecule has 0 aliphatic rings. The van der Waals surface area contributed by atoms with Crippen molar-refractivity contribution in [2.45, 2.75) is 25.4 Å². The summed E-state index contributed by atoms with van der Waals surface area (Å²) >= 11 is 0. The van der Waals surface area contributed by atoms with Crippen LogP contribution in [-0.2, 0) is 12.8 Å². The zero-order valence-electron chi connectivity index (χ0n) is 10.7. The van der Waals surface area contributed by atoms with E-state index in [0.717, 1.165) is 16.9 Å². The van der Waals surface area contributed by atoms with Gasteiger partial charge in [0.05, 0.1) is 25.2 Å². The highest BCUT2D eigenvalue weighted by Crippen LogP contribution is 2.20. The zero-order valence-corrected chi connectivity index (χ0v) is 10.7. The van der Waals surface area contributed by atoms with E-state index in [0.29, 0.717) is 12.8 Å². The molecule has 96 valence electrons. The molecule has 1 unspecified atom stereocenters. The molecule has 0 spiro atoms. The Morgan fingerprint density at radius 3 is 2.33 bits per heavy atom. The van der Waals surface area contributed by atoms with Crippen molar-refractivity contribution in [1.29, 1.82) is 0 Å². The molecule has 1 aromatic carbocycles. The van der Waals surface area contributed by atoms with Crippen LogP contribution in [0.4, 0.5) is 0 Å². The molecular formula is C15H18O3. The van der Waals surface area contributed by atoms with E-state index in [2.05, 4.69) is 0 Å². The lowest BCUT2D eigenvalue weighted by Gasteiger charge is -2.22. The van der Waals surface area contributed by atoms with Gasteiger partial charge in [-0.05, 0) is 36.2 Å². The predicted molar refractivity (Wildman–Crippen MR) is 69.7 cm³/mol. The Kier molecular flexibility index (Phi) is 3.72. The van der Waals surface area contributed by atoms with Gasteiger partial charge in [-0.3, -0.25) is 0 Å². The average Bonchev–Trinajstić information content (AvgIpc) is 2.81. The van der Waals surface area contributed by atoms with E-state index >= 15 is 0 Å². The molecule has 0 aliphatic heterocycles. The molecule has 3 nitrogen and oxygen atoms in total. The molecule has 0 bridgehead atoms. The Morgan fingerprint density at radius 2 is 1.78 bits per heavy atom. The molecule has 2 aromatic rings. The highest BCUT2D eigenvalue weighted by atomic mass is 16.5. The summed E-state index contributed by atoms with van der Waals surface area (Å²) in [6, 6.07) is 9.64. The van der Waals surface area contributed by atoms with Crippen molar-refractivity contribution in [3.8, 4) is 5.75 Å². The summed E-state index contributed by atoms with van der Waals surface area (Å²) in [4.78, 5) is 0.